The molecule has 34 heavy (non-hydrogen) atoms. The van der Waals surface area contributed by atoms with Crippen molar-refractivity contribution < 1.29 is 14.5 Å². The van der Waals surface area contributed by atoms with Crippen molar-refractivity contribution in [1.82, 2.24) is 5.32 Å². The molecule has 0 atom stereocenters. The fourth-order valence-corrected chi connectivity index (χ4v) is 3.82. The Morgan fingerprint density at radius 1 is 0.853 bits per heavy atom. The van der Waals surface area contributed by atoms with Crippen LogP contribution < -0.4 is 10.6 Å². The molecule has 4 rings (SSSR count). The summed E-state index contributed by atoms with van der Waals surface area (Å²) in [4.78, 5) is 36.7. The summed E-state index contributed by atoms with van der Waals surface area (Å²) in [5, 5.41) is 18.6. The van der Waals surface area contributed by atoms with Gasteiger partial charge < -0.3 is 10.6 Å². The van der Waals surface area contributed by atoms with Crippen molar-refractivity contribution in [2.75, 3.05) is 5.32 Å². The monoisotopic (exact) mass is 515 g/mol. The number of nitrogens with one attached hydrogen (secondary N) is 2. The number of halogens is 1. The lowest BCUT2D eigenvalue weighted by Gasteiger charge is -2.12. The molecule has 0 saturated heterocycles. The Morgan fingerprint density at radius 2 is 1.59 bits per heavy atom. The average molecular weight is 516 g/mol. The molecule has 0 aromatic heterocycles. The SMILES string of the molecule is O=C(Nc1ccc2ccccc2c1)C(=Cc1cccc([N+](=O)[O-])c1)NC(=O)c1ccccc1Br. The van der Waals surface area contributed by atoms with Crippen LogP contribution in [0, 0.1) is 10.1 Å². The molecule has 0 spiro atoms. The van der Waals surface area contributed by atoms with Gasteiger partial charge in [0, 0.05) is 22.3 Å². The van der Waals surface area contributed by atoms with Crippen LogP contribution in [0.4, 0.5) is 11.4 Å². The van der Waals surface area contributed by atoms with Gasteiger partial charge in [0.25, 0.3) is 17.5 Å². The van der Waals surface area contributed by atoms with Crippen molar-refractivity contribution >= 4 is 56.0 Å². The first kappa shape index (κ1) is 22.9. The highest BCUT2D eigenvalue weighted by Gasteiger charge is 2.17. The van der Waals surface area contributed by atoms with Crippen LogP contribution in [-0.4, -0.2) is 16.7 Å². The first-order valence-electron chi connectivity index (χ1n) is 10.2. The predicted molar refractivity (Wildman–Crippen MR) is 135 cm³/mol. The van der Waals surface area contributed by atoms with Crippen LogP contribution in [-0.2, 0) is 4.79 Å². The van der Waals surface area contributed by atoms with Gasteiger partial charge in [-0.2, -0.15) is 0 Å². The van der Waals surface area contributed by atoms with Crippen LogP contribution in [0.5, 0.6) is 0 Å². The minimum atomic E-state index is -0.567. The Balaban J connectivity index is 1.67. The largest absolute Gasteiger partial charge is 0.321 e. The van der Waals surface area contributed by atoms with Gasteiger partial charge in [-0.15, -0.1) is 0 Å². The Hall–Kier alpha value is -4.30. The molecule has 0 heterocycles. The normalized spacial score (nSPS) is 11.1. The quantitative estimate of drug-likeness (QED) is 0.189. The van der Waals surface area contributed by atoms with E-state index in [1.54, 1.807) is 36.4 Å². The maximum Gasteiger partial charge on any atom is 0.272 e. The fourth-order valence-electron chi connectivity index (χ4n) is 3.35. The van der Waals surface area contributed by atoms with Gasteiger partial charge >= 0.3 is 0 Å². The maximum atomic E-state index is 13.2. The van der Waals surface area contributed by atoms with Crippen molar-refractivity contribution in [3.8, 4) is 0 Å². The average Bonchev–Trinajstić information content (AvgIpc) is 2.84. The number of fused-ring (bicyclic) bond motifs is 1. The number of non-ortho nitro benzene ring substituents is 1. The van der Waals surface area contributed by atoms with Crippen molar-refractivity contribution in [3.63, 3.8) is 0 Å². The molecule has 2 N–H and O–H groups in total. The molecule has 0 unspecified atom stereocenters. The number of nitro groups is 1. The number of rotatable bonds is 6. The number of carbonyl (C=O) groups excluding carboxylic acids is 2. The van der Waals surface area contributed by atoms with Crippen molar-refractivity contribution in [2.45, 2.75) is 0 Å². The Morgan fingerprint density at radius 3 is 2.35 bits per heavy atom. The van der Waals surface area contributed by atoms with Gasteiger partial charge in [-0.1, -0.05) is 54.6 Å². The summed E-state index contributed by atoms with van der Waals surface area (Å²) in [5.41, 5.74) is 1.09. The zero-order chi connectivity index (χ0) is 24.1. The third kappa shape index (κ3) is 5.36. The van der Waals surface area contributed by atoms with Crippen LogP contribution in [0.15, 0.2) is 101 Å². The summed E-state index contributed by atoms with van der Waals surface area (Å²) in [7, 11) is 0. The number of nitrogens with zero attached hydrogens (tertiary/aromatic N) is 1. The van der Waals surface area contributed by atoms with Gasteiger partial charge in [-0.05, 0) is 62.6 Å². The highest BCUT2D eigenvalue weighted by atomic mass is 79.9. The number of amides is 2. The van der Waals surface area contributed by atoms with Crippen LogP contribution in [0.1, 0.15) is 15.9 Å². The smallest absolute Gasteiger partial charge is 0.272 e. The molecule has 0 saturated carbocycles. The number of hydrogen-bond donors (Lipinski definition) is 2. The summed E-state index contributed by atoms with van der Waals surface area (Å²) in [5.74, 6) is -1.07. The molecule has 4 aromatic carbocycles. The Kier molecular flexibility index (Phi) is 6.79. The molecule has 0 aliphatic rings. The van der Waals surface area contributed by atoms with E-state index in [9.17, 15) is 19.7 Å². The molecule has 0 bridgehead atoms. The minimum absolute atomic E-state index is 0.0607. The standard InChI is InChI=1S/C26H18BrN3O4/c27-23-11-4-3-10-22(23)25(31)29-24(15-17-6-5-9-21(14-17)30(33)34)26(32)28-20-13-12-18-7-1-2-8-19(18)16-20/h1-16H,(H,28,32)(H,29,31). The van der Waals surface area contributed by atoms with Crippen molar-refractivity contribution in [1.29, 1.82) is 0 Å². The van der Waals surface area contributed by atoms with Gasteiger partial charge in [0.2, 0.25) is 0 Å². The van der Waals surface area contributed by atoms with E-state index in [1.165, 1.54) is 24.3 Å². The first-order chi connectivity index (χ1) is 16.4. The number of anilines is 1. The van der Waals surface area contributed by atoms with Gasteiger partial charge in [0.15, 0.2) is 0 Å². The molecule has 8 heteroatoms. The lowest BCUT2D eigenvalue weighted by molar-refractivity contribution is -0.384. The van der Waals surface area contributed by atoms with Gasteiger partial charge in [0.05, 0.1) is 10.5 Å². The van der Waals surface area contributed by atoms with Crippen LogP contribution in [0.3, 0.4) is 0 Å². The molecule has 2 amide bonds. The zero-order valence-corrected chi connectivity index (χ0v) is 19.3. The number of nitro benzene ring substituents is 1. The molecule has 7 nitrogen and oxygen atoms in total. The van der Waals surface area contributed by atoms with Gasteiger partial charge in [0.1, 0.15) is 5.70 Å². The van der Waals surface area contributed by atoms with E-state index in [0.717, 1.165) is 10.8 Å². The van der Waals surface area contributed by atoms with E-state index >= 15 is 0 Å². The molecule has 0 aliphatic carbocycles. The third-order valence-electron chi connectivity index (χ3n) is 5.01. The van der Waals surface area contributed by atoms with Gasteiger partial charge in [-0.3, -0.25) is 19.7 Å². The molecule has 0 fully saturated rings. The Bertz CT molecular complexity index is 1450. The predicted octanol–water partition coefficient (Wildman–Crippen LogP) is 5.92. The summed E-state index contributed by atoms with van der Waals surface area (Å²) in [6, 6.07) is 25.8. The zero-order valence-electron chi connectivity index (χ0n) is 17.7. The van der Waals surface area contributed by atoms with Gasteiger partial charge in [-0.25, -0.2) is 0 Å². The van der Waals surface area contributed by atoms with Crippen LogP contribution in [0.25, 0.3) is 16.8 Å². The summed E-state index contributed by atoms with van der Waals surface area (Å²) < 4.78 is 0.567. The van der Waals surface area contributed by atoms with Crippen molar-refractivity contribution in [3.05, 3.63) is 122 Å². The second-order valence-corrected chi connectivity index (χ2v) is 8.21. The van der Waals surface area contributed by atoms with E-state index in [-0.39, 0.29) is 11.4 Å². The minimum Gasteiger partial charge on any atom is -0.321 e. The number of benzene rings is 4. The second-order valence-electron chi connectivity index (χ2n) is 7.36. The van der Waals surface area contributed by atoms with E-state index in [2.05, 4.69) is 26.6 Å². The van der Waals surface area contributed by atoms with E-state index in [0.29, 0.717) is 21.3 Å². The molecule has 168 valence electrons. The number of carbonyl (C=O) groups is 2. The highest BCUT2D eigenvalue weighted by Crippen LogP contribution is 2.21. The van der Waals surface area contributed by atoms with Crippen LogP contribution in [0.2, 0.25) is 0 Å². The van der Waals surface area contributed by atoms with Crippen molar-refractivity contribution in [2.24, 2.45) is 0 Å². The topological polar surface area (TPSA) is 101 Å². The summed E-state index contributed by atoms with van der Waals surface area (Å²) in [6.45, 7) is 0. The second kappa shape index (κ2) is 10.1. The molecule has 0 radical (unpaired) electrons. The first-order valence-corrected chi connectivity index (χ1v) is 11.0. The third-order valence-corrected chi connectivity index (χ3v) is 5.70. The lowest BCUT2D eigenvalue weighted by atomic mass is 10.1. The summed E-state index contributed by atoms with van der Waals surface area (Å²) in [6.07, 6.45) is 1.40. The fraction of sp³-hybridized carbons (Fsp3) is 0. The molecule has 0 aliphatic heterocycles. The van der Waals surface area contributed by atoms with E-state index in [4.69, 9.17) is 0 Å². The molecular formula is C26H18BrN3O4. The Labute approximate surface area is 203 Å². The molecular weight excluding hydrogens is 498 g/mol. The lowest BCUT2D eigenvalue weighted by Crippen LogP contribution is -2.31. The molecule has 4 aromatic rings. The number of hydrogen-bond acceptors (Lipinski definition) is 4. The highest BCUT2D eigenvalue weighted by molar-refractivity contribution is 9.10. The van der Waals surface area contributed by atoms with E-state index in [1.807, 2.05) is 36.4 Å². The maximum absolute atomic E-state index is 13.2. The van der Waals surface area contributed by atoms with Crippen LogP contribution >= 0.6 is 15.9 Å². The van der Waals surface area contributed by atoms with E-state index < -0.39 is 16.7 Å². The summed E-state index contributed by atoms with van der Waals surface area (Å²) >= 11 is 3.34.